The van der Waals surface area contributed by atoms with Crippen LogP contribution in [0.5, 0.6) is 0 Å². The summed E-state index contributed by atoms with van der Waals surface area (Å²) < 4.78 is 0. The summed E-state index contributed by atoms with van der Waals surface area (Å²) in [6, 6.07) is 18.2. The minimum absolute atomic E-state index is 0.0418. The average Bonchev–Trinajstić information content (AvgIpc) is 3.16. The van der Waals surface area contributed by atoms with Gasteiger partial charge in [0.15, 0.2) is 0 Å². The molecule has 2 amide bonds. The average molecular weight is 388 g/mol. The van der Waals surface area contributed by atoms with Gasteiger partial charge in [-0.2, -0.15) is 5.26 Å². The molecule has 6 nitrogen and oxygen atoms in total. The normalized spacial score (nSPS) is 10.8. The predicted molar refractivity (Wildman–Crippen MR) is 111 cm³/mol. The van der Waals surface area contributed by atoms with Crippen molar-refractivity contribution >= 4 is 40.6 Å². The molecule has 7 heteroatoms. The van der Waals surface area contributed by atoms with Crippen molar-refractivity contribution in [2.24, 2.45) is 0 Å². The van der Waals surface area contributed by atoms with Crippen LogP contribution in [0.4, 0.5) is 11.4 Å². The zero-order valence-electron chi connectivity index (χ0n) is 15.0. The van der Waals surface area contributed by atoms with Crippen molar-refractivity contribution in [2.45, 2.75) is 6.92 Å². The van der Waals surface area contributed by atoms with Crippen LogP contribution in [0.15, 0.2) is 65.6 Å². The van der Waals surface area contributed by atoms with Gasteiger partial charge in [-0.25, -0.2) is 4.98 Å². The zero-order valence-corrected chi connectivity index (χ0v) is 15.8. The van der Waals surface area contributed by atoms with E-state index in [2.05, 4.69) is 15.6 Å². The lowest BCUT2D eigenvalue weighted by Gasteiger charge is -2.06. The van der Waals surface area contributed by atoms with E-state index in [9.17, 15) is 14.9 Å². The Bertz CT molecular complexity index is 1060. The highest BCUT2D eigenvalue weighted by molar-refractivity contribution is 7.10. The summed E-state index contributed by atoms with van der Waals surface area (Å²) in [7, 11) is 0. The predicted octanol–water partition coefficient (Wildman–Crippen LogP) is 4.31. The lowest BCUT2D eigenvalue weighted by molar-refractivity contribution is -0.114. The lowest BCUT2D eigenvalue weighted by Crippen LogP contribution is -2.13. The number of nitrogens with zero attached hydrogens (tertiary/aromatic N) is 2. The van der Waals surface area contributed by atoms with Crippen LogP contribution in [0.3, 0.4) is 0 Å². The van der Waals surface area contributed by atoms with E-state index in [0.717, 1.165) is 11.3 Å². The van der Waals surface area contributed by atoms with Crippen molar-refractivity contribution in [1.29, 1.82) is 5.26 Å². The number of thiazole rings is 1. The molecular formula is C21H16N4O2S. The summed E-state index contributed by atoms with van der Waals surface area (Å²) in [4.78, 5) is 27.9. The van der Waals surface area contributed by atoms with E-state index in [0.29, 0.717) is 16.4 Å². The Labute approximate surface area is 166 Å². The zero-order chi connectivity index (χ0) is 19.9. The number of aromatic nitrogens is 1. The molecule has 2 aromatic carbocycles. The van der Waals surface area contributed by atoms with Crippen LogP contribution in [0.25, 0.3) is 17.3 Å². The number of carbonyl (C=O) groups is 2. The van der Waals surface area contributed by atoms with Crippen molar-refractivity contribution in [2.75, 3.05) is 10.6 Å². The highest BCUT2D eigenvalue weighted by Gasteiger charge is 2.11. The Hall–Kier alpha value is -3.76. The Balaban J connectivity index is 1.72. The quantitative estimate of drug-likeness (QED) is 0.503. The van der Waals surface area contributed by atoms with Gasteiger partial charge in [-0.3, -0.25) is 9.59 Å². The van der Waals surface area contributed by atoms with Crippen molar-refractivity contribution in [1.82, 2.24) is 4.98 Å². The third-order valence-corrected chi connectivity index (χ3v) is 4.48. The van der Waals surface area contributed by atoms with Gasteiger partial charge in [0.25, 0.3) is 5.91 Å². The maximum atomic E-state index is 12.4. The molecule has 2 N–H and O–H groups in total. The molecular weight excluding hydrogens is 372 g/mol. The first kappa shape index (κ1) is 19.0. The van der Waals surface area contributed by atoms with Gasteiger partial charge in [0.1, 0.15) is 16.6 Å². The molecule has 138 valence electrons. The summed E-state index contributed by atoms with van der Waals surface area (Å²) in [5.74, 6) is -0.698. The number of amides is 2. The second-order valence-electron chi connectivity index (χ2n) is 5.82. The molecule has 0 spiro atoms. The molecule has 0 unspecified atom stereocenters. The summed E-state index contributed by atoms with van der Waals surface area (Å²) in [6.07, 6.45) is 1.47. The first-order valence-corrected chi connectivity index (χ1v) is 9.25. The number of carbonyl (C=O) groups excluding carboxylic acids is 2. The molecule has 3 aromatic rings. The summed E-state index contributed by atoms with van der Waals surface area (Å²) >= 11 is 1.36. The molecule has 28 heavy (non-hydrogen) atoms. The van der Waals surface area contributed by atoms with Crippen LogP contribution in [-0.2, 0) is 9.59 Å². The first-order valence-electron chi connectivity index (χ1n) is 8.37. The Morgan fingerprint density at radius 3 is 2.29 bits per heavy atom. The lowest BCUT2D eigenvalue weighted by atomic mass is 10.2. The van der Waals surface area contributed by atoms with Crippen LogP contribution < -0.4 is 10.6 Å². The van der Waals surface area contributed by atoms with Gasteiger partial charge >= 0.3 is 0 Å². The molecule has 0 radical (unpaired) electrons. The third kappa shape index (κ3) is 4.90. The Morgan fingerprint density at radius 1 is 1.04 bits per heavy atom. The second kappa shape index (κ2) is 8.75. The largest absolute Gasteiger partial charge is 0.326 e. The molecule has 3 rings (SSSR count). The number of nitriles is 1. The maximum absolute atomic E-state index is 12.4. The van der Waals surface area contributed by atoms with E-state index in [1.807, 2.05) is 41.8 Å². The fraction of sp³-hybridized carbons (Fsp3) is 0.0476. The monoisotopic (exact) mass is 388 g/mol. The van der Waals surface area contributed by atoms with Crippen LogP contribution in [-0.4, -0.2) is 16.8 Å². The van der Waals surface area contributed by atoms with Gasteiger partial charge in [0.05, 0.1) is 5.69 Å². The first-order chi connectivity index (χ1) is 13.5. The number of anilines is 2. The van der Waals surface area contributed by atoms with Crippen molar-refractivity contribution in [3.05, 3.63) is 70.6 Å². The SMILES string of the molecule is CC(=O)Nc1ccc(NC(=O)/C(C#N)=C\c2nc(-c3ccccc3)cs2)cc1. The van der Waals surface area contributed by atoms with Crippen LogP contribution in [0.1, 0.15) is 11.9 Å². The standard InChI is InChI=1S/C21H16N4O2S/c1-14(26)23-17-7-9-18(10-8-17)24-21(27)16(12-22)11-20-25-19(13-28-20)15-5-3-2-4-6-15/h2-11,13H,1H3,(H,23,26)(H,24,27)/b16-11-. The van der Waals surface area contributed by atoms with E-state index >= 15 is 0 Å². The number of nitrogens with one attached hydrogen (secondary N) is 2. The van der Waals surface area contributed by atoms with E-state index in [4.69, 9.17) is 0 Å². The fourth-order valence-electron chi connectivity index (χ4n) is 2.41. The third-order valence-electron chi connectivity index (χ3n) is 3.69. The van der Waals surface area contributed by atoms with Gasteiger partial charge in [0.2, 0.25) is 5.91 Å². The minimum atomic E-state index is -0.522. The van der Waals surface area contributed by atoms with Gasteiger partial charge in [-0.15, -0.1) is 11.3 Å². The highest BCUT2D eigenvalue weighted by atomic mass is 32.1. The van der Waals surface area contributed by atoms with Gasteiger partial charge in [-0.05, 0) is 30.3 Å². The molecule has 0 aliphatic heterocycles. The topological polar surface area (TPSA) is 94.9 Å². The van der Waals surface area contributed by atoms with Crippen LogP contribution in [0.2, 0.25) is 0 Å². The molecule has 0 aliphatic carbocycles. The van der Waals surface area contributed by atoms with Gasteiger partial charge < -0.3 is 10.6 Å². The minimum Gasteiger partial charge on any atom is -0.326 e. The summed E-state index contributed by atoms with van der Waals surface area (Å²) in [5.41, 5.74) is 2.87. The van der Waals surface area contributed by atoms with Gasteiger partial charge in [-0.1, -0.05) is 30.3 Å². The summed E-state index contributed by atoms with van der Waals surface area (Å²) in [6.45, 7) is 1.42. The molecule has 0 bridgehead atoms. The molecule has 1 aromatic heterocycles. The smallest absolute Gasteiger partial charge is 0.266 e. The van der Waals surface area contributed by atoms with Crippen LogP contribution >= 0.6 is 11.3 Å². The summed E-state index contributed by atoms with van der Waals surface area (Å²) in [5, 5.41) is 17.1. The molecule has 1 heterocycles. The molecule has 0 fully saturated rings. The van der Waals surface area contributed by atoms with Crippen LogP contribution in [0, 0.1) is 11.3 Å². The molecule has 0 saturated heterocycles. The molecule has 0 aliphatic rings. The van der Waals surface area contributed by atoms with E-state index in [1.54, 1.807) is 24.3 Å². The Kier molecular flexibility index (Phi) is 5.94. The Morgan fingerprint density at radius 2 is 1.68 bits per heavy atom. The number of benzene rings is 2. The number of rotatable bonds is 5. The van der Waals surface area contributed by atoms with Crippen molar-refractivity contribution < 1.29 is 9.59 Å². The molecule has 0 saturated carbocycles. The van der Waals surface area contributed by atoms with E-state index < -0.39 is 5.91 Å². The molecule has 0 atom stereocenters. The number of hydrogen-bond donors (Lipinski definition) is 2. The van der Waals surface area contributed by atoms with Gasteiger partial charge in [0, 0.05) is 29.2 Å². The highest BCUT2D eigenvalue weighted by Crippen LogP contribution is 2.23. The maximum Gasteiger partial charge on any atom is 0.266 e. The van der Waals surface area contributed by atoms with Crippen molar-refractivity contribution in [3.8, 4) is 17.3 Å². The fourth-order valence-corrected chi connectivity index (χ4v) is 3.16. The van der Waals surface area contributed by atoms with E-state index in [1.165, 1.54) is 24.3 Å². The van der Waals surface area contributed by atoms with E-state index in [-0.39, 0.29) is 11.5 Å². The van der Waals surface area contributed by atoms with Crippen molar-refractivity contribution in [3.63, 3.8) is 0 Å². The second-order valence-corrected chi connectivity index (χ2v) is 6.71. The number of hydrogen-bond acceptors (Lipinski definition) is 5.